The van der Waals surface area contributed by atoms with Crippen LogP contribution < -0.4 is 5.32 Å². The number of carbonyl (C=O) groups excluding carboxylic acids is 1. The summed E-state index contributed by atoms with van der Waals surface area (Å²) in [5.74, 6) is 0.564. The van der Waals surface area contributed by atoms with Gasteiger partial charge in [-0.05, 0) is 39.0 Å². The molecule has 0 aromatic heterocycles. The number of carbonyl (C=O) groups is 1. The fourth-order valence-corrected chi connectivity index (χ4v) is 3.44. The molecule has 1 N–H and O–H groups in total. The van der Waals surface area contributed by atoms with Crippen molar-refractivity contribution in [3.63, 3.8) is 0 Å². The summed E-state index contributed by atoms with van der Waals surface area (Å²) in [7, 11) is 0. The molecule has 0 radical (unpaired) electrons. The van der Waals surface area contributed by atoms with Crippen molar-refractivity contribution in [1.82, 2.24) is 5.32 Å². The average molecular weight is 253 g/mol. The summed E-state index contributed by atoms with van der Waals surface area (Å²) in [6.45, 7) is 4.42. The first-order valence-electron chi connectivity index (χ1n) is 7.26. The molecule has 3 aliphatic rings. The molecule has 2 saturated carbocycles. The van der Waals surface area contributed by atoms with Crippen LogP contribution in [0.25, 0.3) is 0 Å². The summed E-state index contributed by atoms with van der Waals surface area (Å²) in [6.07, 6.45) is 5.48. The van der Waals surface area contributed by atoms with Crippen molar-refractivity contribution in [3.8, 4) is 0 Å². The van der Waals surface area contributed by atoms with Crippen molar-refractivity contribution < 1.29 is 14.3 Å². The molecule has 1 aliphatic heterocycles. The highest BCUT2D eigenvalue weighted by Gasteiger charge is 2.57. The van der Waals surface area contributed by atoms with Gasteiger partial charge in [-0.2, -0.15) is 0 Å². The zero-order valence-corrected chi connectivity index (χ0v) is 11.1. The first-order valence-corrected chi connectivity index (χ1v) is 7.26. The third-order valence-corrected chi connectivity index (χ3v) is 4.84. The van der Waals surface area contributed by atoms with Gasteiger partial charge in [-0.15, -0.1) is 0 Å². The summed E-state index contributed by atoms with van der Waals surface area (Å²) in [6, 6.07) is 0.311. The molecule has 102 valence electrons. The monoisotopic (exact) mass is 253 g/mol. The SMILES string of the molecule is CCOC1CC(NC(=O)C2CC2)C12CCOCC2. The fourth-order valence-electron chi connectivity index (χ4n) is 3.44. The molecule has 1 amide bonds. The Bertz CT molecular complexity index is 321. The summed E-state index contributed by atoms with van der Waals surface area (Å²) >= 11 is 0. The Morgan fingerprint density at radius 1 is 1.39 bits per heavy atom. The number of hydrogen-bond donors (Lipinski definition) is 1. The Hall–Kier alpha value is -0.610. The van der Waals surface area contributed by atoms with E-state index in [1.807, 2.05) is 6.92 Å². The predicted molar refractivity (Wildman–Crippen MR) is 67.2 cm³/mol. The number of nitrogens with one attached hydrogen (secondary N) is 1. The molecule has 1 saturated heterocycles. The van der Waals surface area contributed by atoms with E-state index in [2.05, 4.69) is 5.32 Å². The first kappa shape index (κ1) is 12.4. The van der Waals surface area contributed by atoms with Crippen LogP contribution in [-0.2, 0) is 14.3 Å². The third-order valence-electron chi connectivity index (χ3n) is 4.84. The van der Waals surface area contributed by atoms with E-state index >= 15 is 0 Å². The Balaban J connectivity index is 1.64. The first-order chi connectivity index (χ1) is 8.76. The van der Waals surface area contributed by atoms with E-state index < -0.39 is 0 Å². The van der Waals surface area contributed by atoms with Crippen molar-refractivity contribution in [2.45, 2.75) is 51.2 Å². The molecule has 0 aromatic carbocycles. The van der Waals surface area contributed by atoms with Crippen LogP contribution in [0.4, 0.5) is 0 Å². The molecular weight excluding hydrogens is 230 g/mol. The molecule has 2 atom stereocenters. The number of rotatable bonds is 4. The van der Waals surface area contributed by atoms with Crippen LogP contribution in [-0.4, -0.2) is 37.9 Å². The maximum absolute atomic E-state index is 11.9. The summed E-state index contributed by atoms with van der Waals surface area (Å²) in [5, 5.41) is 3.25. The lowest BCUT2D eigenvalue weighted by atomic mass is 9.57. The molecule has 18 heavy (non-hydrogen) atoms. The average Bonchev–Trinajstić information content (AvgIpc) is 3.23. The maximum atomic E-state index is 11.9. The molecule has 2 unspecified atom stereocenters. The Labute approximate surface area is 108 Å². The molecule has 4 heteroatoms. The summed E-state index contributed by atoms with van der Waals surface area (Å²) < 4.78 is 11.3. The van der Waals surface area contributed by atoms with Crippen molar-refractivity contribution in [1.29, 1.82) is 0 Å². The van der Waals surface area contributed by atoms with Gasteiger partial charge in [0.25, 0.3) is 0 Å². The normalized spacial score (nSPS) is 34.1. The lowest BCUT2D eigenvalue weighted by Gasteiger charge is -2.57. The molecule has 4 nitrogen and oxygen atoms in total. The lowest BCUT2D eigenvalue weighted by molar-refractivity contribution is -0.176. The van der Waals surface area contributed by atoms with Crippen LogP contribution in [0.3, 0.4) is 0 Å². The van der Waals surface area contributed by atoms with Gasteiger partial charge in [-0.25, -0.2) is 0 Å². The molecular formula is C14H23NO3. The van der Waals surface area contributed by atoms with Gasteiger partial charge in [0.1, 0.15) is 0 Å². The molecule has 1 heterocycles. The van der Waals surface area contributed by atoms with Crippen LogP contribution in [0, 0.1) is 11.3 Å². The minimum atomic E-state index is 0.152. The summed E-state index contributed by atoms with van der Waals surface area (Å²) in [5.41, 5.74) is 0.152. The van der Waals surface area contributed by atoms with E-state index in [-0.39, 0.29) is 11.3 Å². The van der Waals surface area contributed by atoms with Crippen molar-refractivity contribution >= 4 is 5.91 Å². The molecule has 0 bridgehead atoms. The molecule has 0 aromatic rings. The van der Waals surface area contributed by atoms with Crippen LogP contribution in [0.5, 0.6) is 0 Å². The van der Waals surface area contributed by atoms with Crippen LogP contribution in [0.2, 0.25) is 0 Å². The van der Waals surface area contributed by atoms with Gasteiger partial charge in [0.15, 0.2) is 0 Å². The van der Waals surface area contributed by atoms with Crippen LogP contribution in [0.15, 0.2) is 0 Å². The second-order valence-corrected chi connectivity index (χ2v) is 5.86. The Morgan fingerprint density at radius 2 is 2.11 bits per heavy atom. The molecule has 1 spiro atoms. The standard InChI is InChI=1S/C14H23NO3/c1-2-18-12-9-11(15-13(16)10-3-4-10)14(12)5-7-17-8-6-14/h10-12H,2-9H2,1H3,(H,15,16). The van der Waals surface area contributed by atoms with Gasteiger partial charge in [0.2, 0.25) is 5.91 Å². The van der Waals surface area contributed by atoms with Crippen molar-refractivity contribution in [2.24, 2.45) is 11.3 Å². The minimum Gasteiger partial charge on any atom is -0.381 e. The van der Waals surface area contributed by atoms with Crippen molar-refractivity contribution in [2.75, 3.05) is 19.8 Å². The van der Waals surface area contributed by atoms with Gasteiger partial charge in [-0.1, -0.05) is 0 Å². The van der Waals surface area contributed by atoms with Gasteiger partial charge < -0.3 is 14.8 Å². The second kappa shape index (κ2) is 4.82. The zero-order valence-electron chi connectivity index (χ0n) is 11.1. The number of amides is 1. The second-order valence-electron chi connectivity index (χ2n) is 5.86. The van der Waals surface area contributed by atoms with Crippen LogP contribution in [0.1, 0.15) is 39.0 Å². The zero-order chi connectivity index (χ0) is 12.6. The van der Waals surface area contributed by atoms with Gasteiger partial charge in [0.05, 0.1) is 6.10 Å². The number of ether oxygens (including phenoxy) is 2. The van der Waals surface area contributed by atoms with E-state index in [0.29, 0.717) is 18.1 Å². The fraction of sp³-hybridized carbons (Fsp3) is 0.929. The highest BCUT2D eigenvalue weighted by atomic mass is 16.5. The van der Waals surface area contributed by atoms with Gasteiger partial charge in [-0.3, -0.25) is 4.79 Å². The van der Waals surface area contributed by atoms with E-state index in [4.69, 9.17) is 9.47 Å². The minimum absolute atomic E-state index is 0.152. The smallest absolute Gasteiger partial charge is 0.223 e. The quantitative estimate of drug-likeness (QED) is 0.825. The van der Waals surface area contributed by atoms with Crippen molar-refractivity contribution in [3.05, 3.63) is 0 Å². The maximum Gasteiger partial charge on any atom is 0.223 e. The molecule has 2 aliphatic carbocycles. The number of hydrogen-bond acceptors (Lipinski definition) is 3. The van der Waals surface area contributed by atoms with E-state index in [1.165, 1.54) is 0 Å². The van der Waals surface area contributed by atoms with E-state index in [0.717, 1.165) is 51.9 Å². The van der Waals surface area contributed by atoms with Crippen LogP contribution >= 0.6 is 0 Å². The van der Waals surface area contributed by atoms with E-state index in [1.54, 1.807) is 0 Å². The largest absolute Gasteiger partial charge is 0.381 e. The Kier molecular flexibility index (Phi) is 3.32. The van der Waals surface area contributed by atoms with Gasteiger partial charge in [0, 0.05) is 37.2 Å². The topological polar surface area (TPSA) is 47.6 Å². The lowest BCUT2D eigenvalue weighted by Crippen LogP contribution is -2.66. The predicted octanol–water partition coefficient (Wildman–Crippen LogP) is 1.49. The molecule has 3 rings (SSSR count). The van der Waals surface area contributed by atoms with E-state index in [9.17, 15) is 4.79 Å². The summed E-state index contributed by atoms with van der Waals surface area (Å²) in [4.78, 5) is 11.9. The Morgan fingerprint density at radius 3 is 2.72 bits per heavy atom. The van der Waals surface area contributed by atoms with Gasteiger partial charge >= 0.3 is 0 Å². The highest BCUT2D eigenvalue weighted by Crippen LogP contribution is 2.51. The third kappa shape index (κ3) is 2.05. The molecule has 3 fully saturated rings. The highest BCUT2D eigenvalue weighted by molar-refractivity contribution is 5.81.